The molecule has 0 N–H and O–H groups in total. The maximum atomic E-state index is 13.4. The van der Waals surface area contributed by atoms with Crippen molar-refractivity contribution in [1.29, 1.82) is 0 Å². The summed E-state index contributed by atoms with van der Waals surface area (Å²) < 4.78 is 54.0. The number of carbonyl (C=O) groups is 2. The molecule has 0 spiro atoms. The number of ether oxygens (including phenoxy) is 1. The van der Waals surface area contributed by atoms with E-state index in [2.05, 4.69) is 0 Å². The number of rotatable bonds is 7. The van der Waals surface area contributed by atoms with Crippen LogP contribution in [0, 0.1) is 5.41 Å². The average molecular weight is 492 g/mol. The number of carbonyl (C=O) groups excluding carboxylic acids is 2. The highest BCUT2D eigenvalue weighted by molar-refractivity contribution is 7.91. The van der Waals surface area contributed by atoms with Gasteiger partial charge in [-0.05, 0) is 61.6 Å². The van der Waals surface area contributed by atoms with E-state index in [9.17, 15) is 26.8 Å². The summed E-state index contributed by atoms with van der Waals surface area (Å²) >= 11 is 0. The summed E-state index contributed by atoms with van der Waals surface area (Å²) in [5.74, 6) is -0.0578. The van der Waals surface area contributed by atoms with Crippen LogP contribution in [0.4, 0.5) is 20.2 Å². The molecule has 0 bridgehead atoms. The van der Waals surface area contributed by atoms with Gasteiger partial charge in [0.25, 0.3) is 6.43 Å². The van der Waals surface area contributed by atoms with Crippen LogP contribution in [0.3, 0.4) is 0 Å². The molecule has 1 atom stereocenters. The first-order chi connectivity index (χ1) is 15.8. The third kappa shape index (κ3) is 4.58. The van der Waals surface area contributed by atoms with Crippen molar-refractivity contribution >= 4 is 32.9 Å². The summed E-state index contributed by atoms with van der Waals surface area (Å²) in [5.41, 5.74) is 0.669. The van der Waals surface area contributed by atoms with Gasteiger partial charge in [0.1, 0.15) is 12.4 Å². The molecular formula is C25H27F2NO5S. The summed E-state index contributed by atoms with van der Waals surface area (Å²) in [4.78, 5) is 27.9. The molecule has 6 nitrogen and oxygen atoms in total. The summed E-state index contributed by atoms with van der Waals surface area (Å²) in [6.07, 6.45) is -2.04. The van der Waals surface area contributed by atoms with Crippen LogP contribution in [0.2, 0.25) is 0 Å². The minimum absolute atomic E-state index is 0.00158. The molecule has 0 radical (unpaired) electrons. The van der Waals surface area contributed by atoms with Gasteiger partial charge in [0, 0.05) is 18.1 Å². The van der Waals surface area contributed by atoms with Gasteiger partial charge in [0.05, 0.1) is 28.3 Å². The van der Waals surface area contributed by atoms with Crippen molar-refractivity contribution in [3.8, 4) is 5.75 Å². The predicted molar refractivity (Wildman–Crippen MR) is 125 cm³/mol. The van der Waals surface area contributed by atoms with Crippen molar-refractivity contribution < 1.29 is 31.5 Å². The Morgan fingerprint density at radius 2 is 1.88 bits per heavy atom. The third-order valence-corrected chi connectivity index (χ3v) is 8.56. The number of alkyl halides is 2. The second-order valence-electron chi connectivity index (χ2n) is 9.95. The van der Waals surface area contributed by atoms with Crippen molar-refractivity contribution in [3.05, 3.63) is 53.6 Å². The quantitative estimate of drug-likeness (QED) is 0.525. The molecule has 182 valence electrons. The van der Waals surface area contributed by atoms with Gasteiger partial charge in [-0.2, -0.15) is 0 Å². The summed E-state index contributed by atoms with van der Waals surface area (Å²) in [6, 6.07) is 11.5. The molecule has 2 aliphatic heterocycles. The Hall–Kier alpha value is -2.81. The highest BCUT2D eigenvalue weighted by atomic mass is 32.2. The van der Waals surface area contributed by atoms with Crippen LogP contribution in [0.25, 0.3) is 0 Å². The smallest absolute Gasteiger partial charge is 0.272 e. The minimum Gasteiger partial charge on any atom is -0.488 e. The van der Waals surface area contributed by atoms with Crippen LogP contribution in [0.15, 0.2) is 42.5 Å². The molecule has 0 aromatic heterocycles. The number of Topliss-reactive ketones (excluding diaryl/α,β-unsaturated/α-hetero) is 1. The molecule has 2 aromatic rings. The molecule has 2 aliphatic rings. The zero-order valence-corrected chi connectivity index (χ0v) is 20.1. The van der Waals surface area contributed by atoms with Gasteiger partial charge in [-0.15, -0.1) is 0 Å². The van der Waals surface area contributed by atoms with Gasteiger partial charge in [0.15, 0.2) is 15.6 Å². The third-order valence-electron chi connectivity index (χ3n) is 6.59. The Balaban J connectivity index is 1.64. The maximum absolute atomic E-state index is 13.4. The first-order valence-electron chi connectivity index (χ1n) is 11.1. The summed E-state index contributed by atoms with van der Waals surface area (Å²) in [5, 5.41) is 0. The lowest BCUT2D eigenvalue weighted by Crippen LogP contribution is -2.33. The fourth-order valence-electron chi connectivity index (χ4n) is 4.74. The number of hydrogen-bond donors (Lipinski definition) is 0. The zero-order chi connectivity index (χ0) is 24.9. The SMILES string of the molecule is CC1(C)C(=O)N(c2cccc(OCC(F)F)c2)c2ccc(C(=O)C[C@@]3(C)CCS(=O)(=O)C3)cc21. The minimum atomic E-state index is -3.12. The first kappa shape index (κ1) is 24.3. The van der Waals surface area contributed by atoms with Crippen molar-refractivity contribution in [1.82, 2.24) is 0 Å². The molecule has 0 aliphatic carbocycles. The fraction of sp³-hybridized carbons (Fsp3) is 0.440. The van der Waals surface area contributed by atoms with E-state index in [1.807, 2.05) is 6.92 Å². The molecule has 1 saturated heterocycles. The van der Waals surface area contributed by atoms with Crippen LogP contribution < -0.4 is 9.64 Å². The molecule has 0 unspecified atom stereocenters. The number of benzene rings is 2. The molecule has 4 rings (SSSR count). The first-order valence-corrected chi connectivity index (χ1v) is 12.9. The number of anilines is 2. The molecule has 1 fully saturated rings. The van der Waals surface area contributed by atoms with E-state index in [4.69, 9.17) is 4.74 Å². The van der Waals surface area contributed by atoms with Crippen molar-refractivity contribution in [2.75, 3.05) is 23.0 Å². The van der Waals surface area contributed by atoms with Gasteiger partial charge in [-0.3, -0.25) is 14.5 Å². The number of ketones is 1. The zero-order valence-electron chi connectivity index (χ0n) is 19.3. The van der Waals surface area contributed by atoms with E-state index >= 15 is 0 Å². The lowest BCUT2D eigenvalue weighted by molar-refractivity contribution is -0.121. The van der Waals surface area contributed by atoms with Crippen LogP contribution >= 0.6 is 0 Å². The average Bonchev–Trinajstić information content (AvgIpc) is 3.15. The largest absolute Gasteiger partial charge is 0.488 e. The molecule has 1 amide bonds. The van der Waals surface area contributed by atoms with Gasteiger partial charge >= 0.3 is 0 Å². The molecule has 9 heteroatoms. The van der Waals surface area contributed by atoms with Gasteiger partial charge in [-0.25, -0.2) is 17.2 Å². The Labute approximate surface area is 197 Å². The van der Waals surface area contributed by atoms with Crippen LogP contribution in [0.5, 0.6) is 5.75 Å². The molecule has 2 heterocycles. The Kier molecular flexibility index (Phi) is 6.04. The van der Waals surface area contributed by atoms with E-state index < -0.39 is 33.7 Å². The number of nitrogens with zero attached hydrogens (tertiary/aromatic N) is 1. The van der Waals surface area contributed by atoms with E-state index in [1.54, 1.807) is 50.2 Å². The second kappa shape index (κ2) is 8.45. The highest BCUT2D eigenvalue weighted by Crippen LogP contribution is 2.46. The Bertz CT molecular complexity index is 1260. The molecule has 34 heavy (non-hydrogen) atoms. The van der Waals surface area contributed by atoms with E-state index in [-0.39, 0.29) is 35.4 Å². The van der Waals surface area contributed by atoms with Gasteiger partial charge in [0.2, 0.25) is 5.91 Å². The molecule has 0 saturated carbocycles. The second-order valence-corrected chi connectivity index (χ2v) is 12.1. The van der Waals surface area contributed by atoms with Gasteiger partial charge < -0.3 is 4.74 Å². The number of amides is 1. The molecule has 2 aromatic carbocycles. The van der Waals surface area contributed by atoms with Crippen molar-refractivity contribution in [2.45, 2.75) is 45.5 Å². The van der Waals surface area contributed by atoms with E-state index in [0.717, 1.165) is 0 Å². The number of sulfone groups is 1. The maximum Gasteiger partial charge on any atom is 0.272 e. The van der Waals surface area contributed by atoms with Crippen LogP contribution in [-0.4, -0.2) is 44.6 Å². The predicted octanol–water partition coefficient (Wildman–Crippen LogP) is 4.68. The standard InChI is InChI=1S/C25H27F2NO5S/c1-24(2)19-11-16(21(29)13-25(3)9-10-34(31,32)15-25)7-8-20(19)28(23(24)30)17-5-4-6-18(12-17)33-14-22(26)27/h4-8,11-12,22H,9-10,13-15H2,1-3H3/t25-/m1/s1. The fourth-order valence-corrected chi connectivity index (χ4v) is 7.00. The Morgan fingerprint density at radius 3 is 2.53 bits per heavy atom. The lowest BCUT2D eigenvalue weighted by atomic mass is 9.81. The van der Waals surface area contributed by atoms with Crippen molar-refractivity contribution in [2.24, 2.45) is 5.41 Å². The van der Waals surface area contributed by atoms with E-state index in [0.29, 0.717) is 28.9 Å². The monoisotopic (exact) mass is 491 g/mol. The normalized spacial score (nSPS) is 22.8. The van der Waals surface area contributed by atoms with E-state index in [1.165, 1.54) is 11.0 Å². The van der Waals surface area contributed by atoms with Crippen LogP contribution in [-0.2, 0) is 20.0 Å². The Morgan fingerprint density at radius 1 is 1.15 bits per heavy atom. The summed E-state index contributed by atoms with van der Waals surface area (Å²) in [6.45, 7) is 4.61. The number of halogens is 2. The van der Waals surface area contributed by atoms with Crippen molar-refractivity contribution in [3.63, 3.8) is 0 Å². The highest BCUT2D eigenvalue weighted by Gasteiger charge is 2.45. The van der Waals surface area contributed by atoms with Gasteiger partial charge in [-0.1, -0.05) is 13.0 Å². The topological polar surface area (TPSA) is 80.8 Å². The lowest BCUT2D eigenvalue weighted by Gasteiger charge is -2.21. The number of hydrogen-bond acceptors (Lipinski definition) is 5. The summed E-state index contributed by atoms with van der Waals surface area (Å²) in [7, 11) is -3.12. The van der Waals surface area contributed by atoms with Crippen LogP contribution in [0.1, 0.15) is 49.5 Å². The molecular weight excluding hydrogens is 464 g/mol. The number of fused-ring (bicyclic) bond motifs is 1.